The molecule has 0 radical (unpaired) electrons. The zero-order chi connectivity index (χ0) is 12.5. The number of nitrogens with zero attached hydrogens (tertiary/aromatic N) is 1. The van der Waals surface area contributed by atoms with E-state index in [9.17, 15) is 0 Å². The minimum absolute atomic E-state index is 0.268. The van der Waals surface area contributed by atoms with Crippen molar-refractivity contribution in [3.63, 3.8) is 0 Å². The second kappa shape index (κ2) is 4.87. The quantitative estimate of drug-likeness (QED) is 0.794. The molecule has 0 amide bonds. The average Bonchev–Trinajstić information content (AvgIpc) is 3.01. The summed E-state index contributed by atoms with van der Waals surface area (Å²) in [5, 5.41) is 3.62. The van der Waals surface area contributed by atoms with Gasteiger partial charge in [0.15, 0.2) is 0 Å². The third-order valence-electron chi connectivity index (χ3n) is 4.43. The van der Waals surface area contributed by atoms with Gasteiger partial charge in [0.1, 0.15) is 0 Å². The number of hydrogen-bond acceptors (Lipinski definition) is 3. The Bertz CT molecular complexity index is 261. The molecular formula is C14H28N2O. The monoisotopic (exact) mass is 240 g/mol. The summed E-state index contributed by atoms with van der Waals surface area (Å²) in [7, 11) is 1.81. The Balaban J connectivity index is 1.88. The highest BCUT2D eigenvalue weighted by Gasteiger charge is 2.45. The number of piperazine rings is 1. The molecule has 1 saturated carbocycles. The Labute approximate surface area is 106 Å². The van der Waals surface area contributed by atoms with Crippen molar-refractivity contribution in [1.29, 1.82) is 0 Å². The fraction of sp³-hybridized carbons (Fsp3) is 1.00. The van der Waals surface area contributed by atoms with Gasteiger partial charge >= 0.3 is 0 Å². The van der Waals surface area contributed by atoms with Gasteiger partial charge in [-0.05, 0) is 45.4 Å². The normalized spacial score (nSPS) is 31.4. The first-order chi connectivity index (χ1) is 7.96. The van der Waals surface area contributed by atoms with Gasteiger partial charge in [0.25, 0.3) is 0 Å². The van der Waals surface area contributed by atoms with Crippen molar-refractivity contribution in [3.8, 4) is 0 Å². The molecule has 1 unspecified atom stereocenters. The number of methoxy groups -OCH3 is 1. The second-order valence-electron chi connectivity index (χ2n) is 6.76. The number of rotatable bonds is 5. The van der Waals surface area contributed by atoms with Crippen LogP contribution in [0.4, 0.5) is 0 Å². The van der Waals surface area contributed by atoms with Crippen molar-refractivity contribution in [3.05, 3.63) is 0 Å². The highest BCUT2D eigenvalue weighted by Crippen LogP contribution is 2.49. The lowest BCUT2D eigenvalue weighted by molar-refractivity contribution is 0.0722. The van der Waals surface area contributed by atoms with Crippen LogP contribution >= 0.6 is 0 Å². The predicted molar refractivity (Wildman–Crippen MR) is 71.3 cm³/mol. The standard InChI is InChI=1S/C14H28N2O/c1-12-9-15-13(2,3)10-16(12)11-14(5-6-14)7-8-17-4/h12,15H,5-11H2,1-4H3. The third kappa shape index (κ3) is 3.43. The average molecular weight is 240 g/mol. The second-order valence-corrected chi connectivity index (χ2v) is 6.76. The maximum atomic E-state index is 5.24. The molecule has 2 rings (SSSR count). The maximum Gasteiger partial charge on any atom is 0.0468 e. The Morgan fingerprint density at radius 3 is 2.65 bits per heavy atom. The van der Waals surface area contributed by atoms with Gasteiger partial charge < -0.3 is 10.1 Å². The molecule has 0 aromatic heterocycles. The van der Waals surface area contributed by atoms with Crippen LogP contribution in [0.1, 0.15) is 40.0 Å². The Kier molecular flexibility index (Phi) is 3.81. The fourth-order valence-electron chi connectivity index (χ4n) is 2.90. The van der Waals surface area contributed by atoms with Crippen molar-refractivity contribution in [1.82, 2.24) is 10.2 Å². The number of nitrogens with one attached hydrogen (secondary N) is 1. The number of ether oxygens (including phenoxy) is 1. The Hall–Kier alpha value is -0.120. The predicted octanol–water partition coefficient (Wildman–Crippen LogP) is 1.88. The molecule has 2 fully saturated rings. The summed E-state index contributed by atoms with van der Waals surface area (Å²) in [6.07, 6.45) is 4.03. The molecule has 3 nitrogen and oxygen atoms in total. The van der Waals surface area contributed by atoms with Crippen molar-refractivity contribution < 1.29 is 4.74 Å². The van der Waals surface area contributed by atoms with Crippen LogP contribution in [-0.2, 0) is 4.74 Å². The van der Waals surface area contributed by atoms with E-state index in [4.69, 9.17) is 4.74 Å². The fourth-order valence-corrected chi connectivity index (χ4v) is 2.90. The van der Waals surface area contributed by atoms with Gasteiger partial charge in [-0.3, -0.25) is 4.90 Å². The van der Waals surface area contributed by atoms with Crippen LogP contribution in [0.15, 0.2) is 0 Å². The topological polar surface area (TPSA) is 24.5 Å². The molecule has 2 aliphatic rings. The first-order valence-corrected chi connectivity index (χ1v) is 6.94. The molecule has 1 heterocycles. The van der Waals surface area contributed by atoms with Crippen molar-refractivity contribution in [2.24, 2.45) is 5.41 Å². The number of hydrogen-bond donors (Lipinski definition) is 1. The first-order valence-electron chi connectivity index (χ1n) is 6.94. The van der Waals surface area contributed by atoms with E-state index < -0.39 is 0 Å². The highest BCUT2D eigenvalue weighted by atomic mass is 16.5. The van der Waals surface area contributed by atoms with Crippen LogP contribution in [0.5, 0.6) is 0 Å². The molecule has 0 bridgehead atoms. The minimum atomic E-state index is 0.268. The van der Waals surface area contributed by atoms with Crippen LogP contribution < -0.4 is 5.32 Å². The van der Waals surface area contributed by atoms with Crippen molar-refractivity contribution in [2.75, 3.05) is 33.4 Å². The summed E-state index contributed by atoms with van der Waals surface area (Å²) in [5.41, 5.74) is 0.849. The molecule has 100 valence electrons. The van der Waals surface area contributed by atoms with Crippen molar-refractivity contribution in [2.45, 2.75) is 51.6 Å². The van der Waals surface area contributed by atoms with Gasteiger partial charge in [0.2, 0.25) is 0 Å². The zero-order valence-electron chi connectivity index (χ0n) is 11.9. The lowest BCUT2D eigenvalue weighted by Gasteiger charge is -2.44. The van der Waals surface area contributed by atoms with E-state index in [-0.39, 0.29) is 5.54 Å². The molecule has 1 saturated heterocycles. The molecule has 0 spiro atoms. The highest BCUT2D eigenvalue weighted by molar-refractivity contribution is 4.99. The summed E-state index contributed by atoms with van der Waals surface area (Å²) in [4.78, 5) is 2.68. The van der Waals surface area contributed by atoms with Crippen LogP contribution in [0.3, 0.4) is 0 Å². The molecule has 1 N–H and O–H groups in total. The van der Waals surface area contributed by atoms with Crippen LogP contribution in [-0.4, -0.2) is 49.8 Å². The van der Waals surface area contributed by atoms with Crippen LogP contribution in [0.2, 0.25) is 0 Å². The lowest BCUT2D eigenvalue weighted by atomic mass is 9.95. The van der Waals surface area contributed by atoms with Gasteiger partial charge in [-0.1, -0.05) is 0 Å². The smallest absolute Gasteiger partial charge is 0.0468 e. The SMILES string of the molecule is COCCC1(CN2CC(C)(C)NCC2C)CC1. The van der Waals surface area contributed by atoms with E-state index in [2.05, 4.69) is 31.0 Å². The summed E-state index contributed by atoms with van der Waals surface area (Å²) >= 11 is 0. The van der Waals surface area contributed by atoms with Crippen LogP contribution in [0.25, 0.3) is 0 Å². The van der Waals surface area contributed by atoms with E-state index in [1.165, 1.54) is 32.4 Å². The lowest BCUT2D eigenvalue weighted by Crippen LogP contribution is -2.61. The largest absolute Gasteiger partial charge is 0.385 e. The summed E-state index contributed by atoms with van der Waals surface area (Å²) in [6, 6.07) is 0.669. The zero-order valence-corrected chi connectivity index (χ0v) is 11.9. The molecule has 1 aliphatic carbocycles. The van der Waals surface area contributed by atoms with E-state index in [1.807, 2.05) is 7.11 Å². The summed E-state index contributed by atoms with van der Waals surface area (Å²) < 4.78 is 5.24. The molecule has 3 heteroatoms. The van der Waals surface area contributed by atoms with Gasteiger partial charge in [-0.25, -0.2) is 0 Å². The van der Waals surface area contributed by atoms with E-state index in [0.29, 0.717) is 11.5 Å². The van der Waals surface area contributed by atoms with Crippen molar-refractivity contribution >= 4 is 0 Å². The molecular weight excluding hydrogens is 212 g/mol. The molecule has 0 aromatic rings. The van der Waals surface area contributed by atoms with Gasteiger partial charge in [0.05, 0.1) is 0 Å². The Morgan fingerprint density at radius 1 is 1.35 bits per heavy atom. The molecule has 0 aromatic carbocycles. The maximum absolute atomic E-state index is 5.24. The van der Waals surface area contributed by atoms with E-state index in [0.717, 1.165) is 13.2 Å². The summed E-state index contributed by atoms with van der Waals surface area (Å²) in [5.74, 6) is 0. The molecule has 1 aliphatic heterocycles. The molecule has 1 atom stereocenters. The van der Waals surface area contributed by atoms with Gasteiger partial charge in [-0.15, -0.1) is 0 Å². The van der Waals surface area contributed by atoms with Gasteiger partial charge in [-0.2, -0.15) is 0 Å². The van der Waals surface area contributed by atoms with Crippen LogP contribution in [0, 0.1) is 5.41 Å². The minimum Gasteiger partial charge on any atom is -0.385 e. The Morgan fingerprint density at radius 2 is 2.06 bits per heavy atom. The van der Waals surface area contributed by atoms with E-state index >= 15 is 0 Å². The molecule has 17 heavy (non-hydrogen) atoms. The van der Waals surface area contributed by atoms with Gasteiger partial charge in [0, 0.05) is 44.9 Å². The summed E-state index contributed by atoms with van der Waals surface area (Å²) in [6.45, 7) is 11.4. The first kappa shape index (κ1) is 13.3. The third-order valence-corrected chi connectivity index (χ3v) is 4.43. The van der Waals surface area contributed by atoms with E-state index in [1.54, 1.807) is 0 Å².